The molecule has 1 unspecified atom stereocenters. The number of carbonyl (C=O) groups is 1. The average molecular weight is 290 g/mol. The summed E-state index contributed by atoms with van der Waals surface area (Å²) in [5.41, 5.74) is 1.37. The standard InChI is InChI=1S/C17H26N2O2/c1-17(2,3)14-7-5-10-19(11-8-14)12-13-6-4-9-18-15(13)16(20)21/h4,6,9,14H,5,7-8,10-12H2,1-3H3,(H,20,21). The summed E-state index contributed by atoms with van der Waals surface area (Å²) in [6, 6.07) is 3.69. The average Bonchev–Trinajstić information content (AvgIpc) is 2.64. The summed E-state index contributed by atoms with van der Waals surface area (Å²) in [7, 11) is 0. The van der Waals surface area contributed by atoms with Crippen LogP contribution in [-0.4, -0.2) is 34.0 Å². The summed E-state index contributed by atoms with van der Waals surface area (Å²) in [6.45, 7) is 9.72. The van der Waals surface area contributed by atoms with Crippen LogP contribution in [0.25, 0.3) is 0 Å². The lowest BCUT2D eigenvalue weighted by Crippen LogP contribution is -2.27. The second-order valence-corrected chi connectivity index (χ2v) is 7.09. The van der Waals surface area contributed by atoms with Crippen molar-refractivity contribution in [2.24, 2.45) is 11.3 Å². The van der Waals surface area contributed by atoms with Gasteiger partial charge in [0.05, 0.1) is 0 Å². The van der Waals surface area contributed by atoms with Gasteiger partial charge in [0.2, 0.25) is 0 Å². The minimum Gasteiger partial charge on any atom is -0.477 e. The molecule has 1 fully saturated rings. The van der Waals surface area contributed by atoms with Crippen molar-refractivity contribution in [1.29, 1.82) is 0 Å². The van der Waals surface area contributed by atoms with E-state index in [9.17, 15) is 9.90 Å². The molecule has 1 aliphatic rings. The molecule has 0 aliphatic carbocycles. The second-order valence-electron chi connectivity index (χ2n) is 7.09. The molecule has 0 bridgehead atoms. The fourth-order valence-electron chi connectivity index (χ4n) is 3.18. The number of pyridine rings is 1. The first-order chi connectivity index (χ1) is 9.88. The molecule has 1 aliphatic heterocycles. The lowest BCUT2D eigenvalue weighted by atomic mass is 9.77. The molecule has 1 saturated heterocycles. The third-order valence-corrected chi connectivity index (χ3v) is 4.53. The van der Waals surface area contributed by atoms with Crippen LogP contribution in [0.5, 0.6) is 0 Å². The van der Waals surface area contributed by atoms with E-state index in [4.69, 9.17) is 0 Å². The minimum absolute atomic E-state index is 0.189. The Morgan fingerprint density at radius 3 is 2.81 bits per heavy atom. The lowest BCUT2D eigenvalue weighted by molar-refractivity contribution is 0.0687. The van der Waals surface area contributed by atoms with E-state index in [0.717, 1.165) is 24.6 Å². The first kappa shape index (κ1) is 16.0. The molecule has 0 amide bonds. The van der Waals surface area contributed by atoms with Gasteiger partial charge in [0, 0.05) is 12.7 Å². The van der Waals surface area contributed by atoms with Gasteiger partial charge in [0.1, 0.15) is 0 Å². The number of hydrogen-bond donors (Lipinski definition) is 1. The van der Waals surface area contributed by atoms with Crippen LogP contribution < -0.4 is 0 Å². The van der Waals surface area contributed by atoms with Crippen LogP contribution in [0.2, 0.25) is 0 Å². The second kappa shape index (κ2) is 6.56. The van der Waals surface area contributed by atoms with Crippen molar-refractivity contribution in [3.8, 4) is 0 Å². The Morgan fingerprint density at radius 1 is 1.38 bits per heavy atom. The van der Waals surface area contributed by atoms with Crippen molar-refractivity contribution in [2.75, 3.05) is 13.1 Å². The predicted molar refractivity (Wildman–Crippen MR) is 83.3 cm³/mol. The van der Waals surface area contributed by atoms with E-state index in [1.807, 2.05) is 12.1 Å². The van der Waals surface area contributed by atoms with Crippen LogP contribution in [-0.2, 0) is 6.54 Å². The normalized spacial score (nSPS) is 21.0. The maximum Gasteiger partial charge on any atom is 0.354 e. The fourth-order valence-corrected chi connectivity index (χ4v) is 3.18. The van der Waals surface area contributed by atoms with Crippen molar-refractivity contribution < 1.29 is 9.90 Å². The SMILES string of the molecule is CC(C)(C)C1CCCN(Cc2cccnc2C(=O)O)CC1. The third kappa shape index (κ3) is 4.27. The van der Waals surface area contributed by atoms with Gasteiger partial charge in [-0.05, 0) is 55.3 Å². The van der Waals surface area contributed by atoms with Crippen molar-refractivity contribution in [2.45, 2.75) is 46.6 Å². The van der Waals surface area contributed by atoms with Gasteiger partial charge in [0.15, 0.2) is 5.69 Å². The smallest absolute Gasteiger partial charge is 0.354 e. The summed E-state index contributed by atoms with van der Waals surface area (Å²) in [5, 5.41) is 9.22. The number of likely N-dealkylation sites (tertiary alicyclic amines) is 1. The highest BCUT2D eigenvalue weighted by Crippen LogP contribution is 2.34. The highest BCUT2D eigenvalue weighted by atomic mass is 16.4. The molecule has 0 spiro atoms. The molecule has 4 heteroatoms. The summed E-state index contributed by atoms with van der Waals surface area (Å²) in [6.07, 6.45) is 5.18. The highest BCUT2D eigenvalue weighted by Gasteiger charge is 2.27. The molecule has 21 heavy (non-hydrogen) atoms. The Balaban J connectivity index is 2.03. The van der Waals surface area contributed by atoms with E-state index in [1.54, 1.807) is 6.20 Å². The predicted octanol–water partition coefficient (Wildman–Crippen LogP) is 3.43. The van der Waals surface area contributed by atoms with Crippen molar-refractivity contribution in [3.63, 3.8) is 0 Å². The van der Waals surface area contributed by atoms with Crippen LogP contribution in [0.4, 0.5) is 0 Å². The van der Waals surface area contributed by atoms with Crippen LogP contribution in [0.15, 0.2) is 18.3 Å². The van der Waals surface area contributed by atoms with Gasteiger partial charge >= 0.3 is 5.97 Å². The summed E-state index contributed by atoms with van der Waals surface area (Å²) < 4.78 is 0. The van der Waals surface area contributed by atoms with Crippen LogP contribution in [0.1, 0.15) is 56.1 Å². The molecule has 0 aromatic carbocycles. The molecule has 1 aromatic rings. The Kier molecular flexibility index (Phi) is 4.99. The van der Waals surface area contributed by atoms with Crippen LogP contribution in [0, 0.1) is 11.3 Å². The maximum atomic E-state index is 11.2. The number of carboxylic acids is 1. The molecule has 1 atom stereocenters. The molecule has 1 aromatic heterocycles. The van der Waals surface area contributed by atoms with Crippen molar-refractivity contribution in [1.82, 2.24) is 9.88 Å². The van der Waals surface area contributed by atoms with Gasteiger partial charge in [-0.1, -0.05) is 26.8 Å². The molecule has 0 radical (unpaired) electrons. The van der Waals surface area contributed by atoms with Gasteiger partial charge in [-0.2, -0.15) is 0 Å². The highest BCUT2D eigenvalue weighted by molar-refractivity contribution is 5.86. The first-order valence-corrected chi connectivity index (χ1v) is 7.77. The monoisotopic (exact) mass is 290 g/mol. The maximum absolute atomic E-state index is 11.2. The van der Waals surface area contributed by atoms with E-state index in [1.165, 1.54) is 19.3 Å². The minimum atomic E-state index is -0.937. The summed E-state index contributed by atoms with van der Waals surface area (Å²) in [5.74, 6) is -0.191. The molecule has 4 nitrogen and oxygen atoms in total. The Bertz CT molecular complexity index is 494. The van der Waals surface area contributed by atoms with E-state index in [2.05, 4.69) is 30.7 Å². The fraction of sp³-hybridized carbons (Fsp3) is 0.647. The third-order valence-electron chi connectivity index (χ3n) is 4.53. The zero-order valence-corrected chi connectivity index (χ0v) is 13.3. The Hall–Kier alpha value is -1.42. The van der Waals surface area contributed by atoms with Gasteiger partial charge in [-0.3, -0.25) is 4.90 Å². The molecule has 1 N–H and O–H groups in total. The van der Waals surface area contributed by atoms with Gasteiger partial charge in [-0.25, -0.2) is 9.78 Å². The van der Waals surface area contributed by atoms with Gasteiger partial charge in [0.25, 0.3) is 0 Å². The lowest BCUT2D eigenvalue weighted by Gasteiger charge is -2.29. The zero-order chi connectivity index (χ0) is 15.5. The Labute approximate surface area is 127 Å². The number of rotatable bonds is 3. The molecular formula is C17H26N2O2. The van der Waals surface area contributed by atoms with E-state index < -0.39 is 5.97 Å². The molecule has 2 heterocycles. The van der Waals surface area contributed by atoms with Crippen molar-refractivity contribution >= 4 is 5.97 Å². The number of carboxylic acid groups (broad SMARTS) is 1. The van der Waals surface area contributed by atoms with E-state index in [-0.39, 0.29) is 5.69 Å². The summed E-state index contributed by atoms with van der Waals surface area (Å²) >= 11 is 0. The Morgan fingerprint density at radius 2 is 2.14 bits per heavy atom. The van der Waals surface area contributed by atoms with Gasteiger partial charge < -0.3 is 5.11 Å². The first-order valence-electron chi connectivity index (χ1n) is 7.77. The van der Waals surface area contributed by atoms with E-state index >= 15 is 0 Å². The van der Waals surface area contributed by atoms with Crippen molar-refractivity contribution in [3.05, 3.63) is 29.6 Å². The number of aromatic nitrogens is 1. The molecule has 0 saturated carbocycles. The molecule has 116 valence electrons. The molecular weight excluding hydrogens is 264 g/mol. The quantitative estimate of drug-likeness (QED) is 0.926. The number of hydrogen-bond acceptors (Lipinski definition) is 3. The molecule has 2 rings (SSSR count). The number of nitrogens with zero attached hydrogens (tertiary/aromatic N) is 2. The number of aromatic carboxylic acids is 1. The zero-order valence-electron chi connectivity index (χ0n) is 13.3. The van der Waals surface area contributed by atoms with E-state index in [0.29, 0.717) is 12.0 Å². The summed E-state index contributed by atoms with van der Waals surface area (Å²) in [4.78, 5) is 17.6. The van der Waals surface area contributed by atoms with Gasteiger partial charge in [-0.15, -0.1) is 0 Å². The largest absolute Gasteiger partial charge is 0.477 e. The topological polar surface area (TPSA) is 53.4 Å². The van der Waals surface area contributed by atoms with Crippen LogP contribution in [0.3, 0.4) is 0 Å². The van der Waals surface area contributed by atoms with Crippen LogP contribution >= 0.6 is 0 Å².